The summed E-state index contributed by atoms with van der Waals surface area (Å²) < 4.78 is 4.70. The van der Waals surface area contributed by atoms with Crippen LogP contribution in [-0.4, -0.2) is 24.6 Å². The van der Waals surface area contributed by atoms with Gasteiger partial charge in [-0.05, 0) is 12.3 Å². The maximum atomic E-state index is 10.9. The number of carbonyl (C=O) groups excluding carboxylic acids is 1. The molecule has 0 saturated heterocycles. The number of alkyl carbamates (subject to hydrolysis) is 1. The van der Waals surface area contributed by atoms with Crippen LogP contribution in [0.5, 0.6) is 0 Å². The predicted octanol–water partition coefficient (Wildman–Crippen LogP) is 2.39. The predicted molar refractivity (Wildman–Crippen MR) is 54.1 cm³/mol. The minimum absolute atomic E-state index is 0.0128. The summed E-state index contributed by atoms with van der Waals surface area (Å²) in [5.41, 5.74) is -0.0128. The molecule has 0 radical (unpaired) electrons. The van der Waals surface area contributed by atoms with E-state index in [9.17, 15) is 4.79 Å². The topological polar surface area (TPSA) is 38.3 Å². The van der Waals surface area contributed by atoms with E-state index in [0.717, 1.165) is 0 Å². The number of carbonyl (C=O) groups is 1. The summed E-state index contributed by atoms with van der Waals surface area (Å²) in [5, 5.41) is 2.51. The van der Waals surface area contributed by atoms with E-state index in [1.54, 1.807) is 6.92 Å². The van der Waals surface area contributed by atoms with Gasteiger partial charge in [0.25, 0.3) is 0 Å². The number of hydrogen-bond donors (Lipinski definition) is 1. The van der Waals surface area contributed by atoms with Gasteiger partial charge in [0.1, 0.15) is 0 Å². The summed E-state index contributed by atoms with van der Waals surface area (Å²) >= 11 is 6.03. The second-order valence-corrected chi connectivity index (χ2v) is 4.46. The average molecular weight is 208 g/mol. The van der Waals surface area contributed by atoms with Crippen molar-refractivity contribution >= 4 is 17.7 Å². The van der Waals surface area contributed by atoms with Crippen LogP contribution < -0.4 is 5.32 Å². The number of alkyl halides is 1. The van der Waals surface area contributed by atoms with Crippen LogP contribution in [0.15, 0.2) is 0 Å². The van der Waals surface area contributed by atoms with Crippen LogP contribution in [0.4, 0.5) is 4.79 Å². The first-order valence-electron chi connectivity index (χ1n) is 4.42. The molecule has 0 aromatic rings. The zero-order valence-electron chi connectivity index (χ0n) is 8.69. The monoisotopic (exact) mass is 207 g/mol. The first kappa shape index (κ1) is 12.6. The van der Waals surface area contributed by atoms with Gasteiger partial charge in [-0.15, -0.1) is 11.6 Å². The lowest BCUT2D eigenvalue weighted by Gasteiger charge is -2.24. The Balaban J connectivity index is 3.70. The van der Waals surface area contributed by atoms with Crippen molar-refractivity contribution in [1.29, 1.82) is 0 Å². The van der Waals surface area contributed by atoms with Crippen molar-refractivity contribution in [3.8, 4) is 0 Å². The van der Waals surface area contributed by atoms with Gasteiger partial charge in [-0.2, -0.15) is 0 Å². The fourth-order valence-electron chi connectivity index (χ4n) is 0.661. The van der Waals surface area contributed by atoms with Crippen molar-refractivity contribution in [1.82, 2.24) is 5.32 Å². The molecular formula is C9H18ClNO2. The van der Waals surface area contributed by atoms with Crippen molar-refractivity contribution < 1.29 is 9.53 Å². The van der Waals surface area contributed by atoms with E-state index in [-0.39, 0.29) is 10.8 Å². The third-order valence-electron chi connectivity index (χ3n) is 1.64. The summed E-state index contributed by atoms with van der Waals surface area (Å²) in [5.74, 6) is 0. The highest BCUT2D eigenvalue weighted by molar-refractivity contribution is 6.21. The molecule has 1 unspecified atom stereocenters. The molecule has 0 spiro atoms. The van der Waals surface area contributed by atoms with E-state index < -0.39 is 6.09 Å². The third-order valence-corrected chi connectivity index (χ3v) is 2.45. The standard InChI is InChI=1S/C9H18ClNO2/c1-5-13-8(12)11-6-7(10)9(2,3)4/h7H,5-6H2,1-4H3,(H,11,12). The van der Waals surface area contributed by atoms with Crippen LogP contribution in [0.2, 0.25) is 0 Å². The lowest BCUT2D eigenvalue weighted by atomic mass is 9.92. The maximum absolute atomic E-state index is 10.9. The van der Waals surface area contributed by atoms with E-state index in [0.29, 0.717) is 13.2 Å². The molecule has 0 heterocycles. The molecule has 1 N–H and O–H groups in total. The Bertz CT molecular complexity index is 165. The van der Waals surface area contributed by atoms with Gasteiger partial charge < -0.3 is 10.1 Å². The van der Waals surface area contributed by atoms with Crippen molar-refractivity contribution in [2.24, 2.45) is 5.41 Å². The minimum Gasteiger partial charge on any atom is -0.450 e. The van der Waals surface area contributed by atoms with E-state index in [1.807, 2.05) is 20.8 Å². The Morgan fingerprint density at radius 2 is 2.08 bits per heavy atom. The molecule has 0 bridgehead atoms. The largest absolute Gasteiger partial charge is 0.450 e. The summed E-state index contributed by atoms with van der Waals surface area (Å²) in [4.78, 5) is 10.9. The van der Waals surface area contributed by atoms with Crippen LogP contribution in [0, 0.1) is 5.41 Å². The van der Waals surface area contributed by atoms with Gasteiger partial charge in [0, 0.05) is 6.54 Å². The number of amides is 1. The van der Waals surface area contributed by atoms with E-state index in [4.69, 9.17) is 16.3 Å². The molecule has 0 aromatic carbocycles. The van der Waals surface area contributed by atoms with Gasteiger partial charge in [-0.3, -0.25) is 0 Å². The second-order valence-electron chi connectivity index (χ2n) is 3.93. The molecule has 0 rings (SSSR count). The lowest BCUT2D eigenvalue weighted by Crippen LogP contribution is -2.36. The molecule has 0 aromatic heterocycles. The minimum atomic E-state index is -0.405. The molecule has 78 valence electrons. The number of nitrogens with one attached hydrogen (secondary N) is 1. The Labute approximate surface area is 84.8 Å². The molecule has 0 fully saturated rings. The van der Waals surface area contributed by atoms with Crippen molar-refractivity contribution in [3.05, 3.63) is 0 Å². The molecule has 4 heteroatoms. The molecule has 13 heavy (non-hydrogen) atoms. The second kappa shape index (κ2) is 5.32. The fourth-order valence-corrected chi connectivity index (χ4v) is 0.738. The lowest BCUT2D eigenvalue weighted by molar-refractivity contribution is 0.151. The summed E-state index contributed by atoms with van der Waals surface area (Å²) in [7, 11) is 0. The van der Waals surface area contributed by atoms with Crippen LogP contribution in [0.1, 0.15) is 27.7 Å². The van der Waals surface area contributed by atoms with Crippen LogP contribution >= 0.6 is 11.6 Å². The van der Waals surface area contributed by atoms with Gasteiger partial charge in [0.15, 0.2) is 0 Å². The molecule has 0 aliphatic carbocycles. The molecule has 0 saturated carbocycles. The number of ether oxygens (including phenoxy) is 1. The summed E-state index contributed by atoms with van der Waals surface area (Å²) in [6.45, 7) is 8.66. The Kier molecular flexibility index (Phi) is 5.14. The Morgan fingerprint density at radius 1 is 1.54 bits per heavy atom. The average Bonchev–Trinajstić information content (AvgIpc) is 1.99. The Morgan fingerprint density at radius 3 is 2.46 bits per heavy atom. The molecular weight excluding hydrogens is 190 g/mol. The highest BCUT2D eigenvalue weighted by atomic mass is 35.5. The maximum Gasteiger partial charge on any atom is 0.407 e. The van der Waals surface area contributed by atoms with Gasteiger partial charge in [-0.25, -0.2) is 4.79 Å². The third kappa shape index (κ3) is 5.75. The molecule has 0 aliphatic rings. The summed E-state index contributed by atoms with van der Waals surface area (Å²) in [6.07, 6.45) is -0.405. The van der Waals surface area contributed by atoms with Crippen molar-refractivity contribution in [3.63, 3.8) is 0 Å². The highest BCUT2D eigenvalue weighted by Crippen LogP contribution is 2.23. The fraction of sp³-hybridized carbons (Fsp3) is 0.889. The Hall–Kier alpha value is -0.440. The van der Waals surface area contributed by atoms with E-state index >= 15 is 0 Å². The first-order chi connectivity index (χ1) is 5.88. The zero-order valence-corrected chi connectivity index (χ0v) is 9.44. The smallest absolute Gasteiger partial charge is 0.407 e. The normalized spacial score (nSPS) is 13.6. The van der Waals surface area contributed by atoms with E-state index in [2.05, 4.69) is 5.32 Å². The first-order valence-corrected chi connectivity index (χ1v) is 4.86. The van der Waals surface area contributed by atoms with Crippen LogP contribution in [0.25, 0.3) is 0 Å². The van der Waals surface area contributed by atoms with Crippen LogP contribution in [-0.2, 0) is 4.74 Å². The zero-order chi connectivity index (χ0) is 10.5. The molecule has 3 nitrogen and oxygen atoms in total. The molecule has 1 amide bonds. The van der Waals surface area contributed by atoms with E-state index in [1.165, 1.54) is 0 Å². The summed E-state index contributed by atoms with van der Waals surface area (Å²) in [6, 6.07) is 0. The molecule has 0 aliphatic heterocycles. The number of rotatable bonds is 3. The number of hydrogen-bond acceptors (Lipinski definition) is 2. The van der Waals surface area contributed by atoms with Gasteiger partial charge >= 0.3 is 6.09 Å². The SMILES string of the molecule is CCOC(=O)NCC(Cl)C(C)(C)C. The highest BCUT2D eigenvalue weighted by Gasteiger charge is 2.22. The van der Waals surface area contributed by atoms with Crippen molar-refractivity contribution in [2.75, 3.05) is 13.2 Å². The number of halogens is 1. The van der Waals surface area contributed by atoms with Gasteiger partial charge in [0.2, 0.25) is 0 Å². The van der Waals surface area contributed by atoms with Crippen LogP contribution in [0.3, 0.4) is 0 Å². The van der Waals surface area contributed by atoms with Gasteiger partial charge in [0.05, 0.1) is 12.0 Å². The molecule has 1 atom stereocenters. The van der Waals surface area contributed by atoms with Gasteiger partial charge in [-0.1, -0.05) is 20.8 Å². The quantitative estimate of drug-likeness (QED) is 0.722. The van der Waals surface area contributed by atoms with Crippen molar-refractivity contribution in [2.45, 2.75) is 33.1 Å².